The summed E-state index contributed by atoms with van der Waals surface area (Å²) in [5, 5.41) is 11.9. The molecule has 0 saturated carbocycles. The molecule has 0 saturated heterocycles. The molecule has 0 aliphatic carbocycles. The van der Waals surface area contributed by atoms with E-state index in [4.69, 9.17) is 11.6 Å². The standard InChI is InChI=1S/C24H17ClN6O/c25-21-6-2-4-17(10-21)22-7-8-23(32)31(30-22)15-16-3-1-5-18(9-16)24-26-11-19(12-27-24)20-13-28-29-14-20/h1-14H,15H2,(H,28,29). The molecule has 5 aromatic rings. The van der Waals surface area contributed by atoms with Gasteiger partial charge in [0.1, 0.15) is 0 Å². The molecule has 1 N–H and O–H groups in total. The molecule has 2 aromatic carbocycles. The Morgan fingerprint density at radius 3 is 2.44 bits per heavy atom. The van der Waals surface area contributed by atoms with Crippen LogP contribution in [-0.4, -0.2) is 29.9 Å². The molecule has 0 radical (unpaired) electrons. The Balaban J connectivity index is 1.42. The second kappa shape index (κ2) is 8.56. The van der Waals surface area contributed by atoms with E-state index in [1.165, 1.54) is 10.7 Å². The van der Waals surface area contributed by atoms with Crippen LogP contribution in [-0.2, 0) is 6.54 Å². The first-order valence-electron chi connectivity index (χ1n) is 9.90. The normalized spacial score (nSPS) is 10.9. The van der Waals surface area contributed by atoms with Crippen molar-refractivity contribution in [2.75, 3.05) is 0 Å². The van der Waals surface area contributed by atoms with Gasteiger partial charge < -0.3 is 0 Å². The quantitative estimate of drug-likeness (QED) is 0.436. The maximum Gasteiger partial charge on any atom is 0.267 e. The van der Waals surface area contributed by atoms with E-state index in [0.717, 1.165) is 27.8 Å². The van der Waals surface area contributed by atoms with Gasteiger partial charge in [0.05, 0.1) is 18.4 Å². The minimum absolute atomic E-state index is 0.179. The third-order valence-corrected chi connectivity index (χ3v) is 5.22. The Morgan fingerprint density at radius 1 is 0.844 bits per heavy atom. The number of benzene rings is 2. The van der Waals surface area contributed by atoms with E-state index in [1.54, 1.807) is 36.9 Å². The molecule has 0 unspecified atom stereocenters. The molecule has 0 fully saturated rings. The summed E-state index contributed by atoms with van der Waals surface area (Å²) in [6, 6.07) is 18.4. The molecule has 0 aliphatic heterocycles. The molecule has 3 heterocycles. The van der Waals surface area contributed by atoms with E-state index in [2.05, 4.69) is 25.3 Å². The van der Waals surface area contributed by atoms with E-state index in [0.29, 0.717) is 23.1 Å². The third kappa shape index (κ3) is 4.19. The lowest BCUT2D eigenvalue weighted by molar-refractivity contribution is 0.643. The highest BCUT2D eigenvalue weighted by Gasteiger charge is 2.08. The van der Waals surface area contributed by atoms with Crippen molar-refractivity contribution >= 4 is 11.6 Å². The number of aromatic nitrogens is 6. The van der Waals surface area contributed by atoms with Crippen LogP contribution in [0.25, 0.3) is 33.8 Å². The highest BCUT2D eigenvalue weighted by atomic mass is 35.5. The van der Waals surface area contributed by atoms with Gasteiger partial charge in [0, 0.05) is 51.9 Å². The first-order chi connectivity index (χ1) is 15.7. The van der Waals surface area contributed by atoms with Gasteiger partial charge in [0.15, 0.2) is 5.82 Å². The van der Waals surface area contributed by atoms with E-state index in [9.17, 15) is 4.79 Å². The second-order valence-electron chi connectivity index (χ2n) is 7.21. The maximum absolute atomic E-state index is 12.4. The zero-order chi connectivity index (χ0) is 21.9. The Kier molecular flexibility index (Phi) is 5.31. The summed E-state index contributed by atoms with van der Waals surface area (Å²) in [4.78, 5) is 21.4. The summed E-state index contributed by atoms with van der Waals surface area (Å²) in [7, 11) is 0. The minimum atomic E-state index is -0.179. The van der Waals surface area contributed by atoms with Gasteiger partial charge in [-0.25, -0.2) is 14.6 Å². The van der Waals surface area contributed by atoms with Crippen LogP contribution < -0.4 is 5.56 Å². The molecule has 7 nitrogen and oxygen atoms in total. The van der Waals surface area contributed by atoms with Gasteiger partial charge >= 0.3 is 0 Å². The van der Waals surface area contributed by atoms with Crippen molar-refractivity contribution in [3.63, 3.8) is 0 Å². The van der Waals surface area contributed by atoms with Gasteiger partial charge in [-0.1, -0.05) is 41.9 Å². The SMILES string of the molecule is O=c1ccc(-c2cccc(Cl)c2)nn1Cc1cccc(-c2ncc(-c3cn[nH]c3)cn2)c1. The number of rotatable bonds is 5. The Bertz CT molecular complexity index is 1430. The van der Waals surface area contributed by atoms with Gasteiger partial charge in [-0.15, -0.1) is 0 Å². The zero-order valence-corrected chi connectivity index (χ0v) is 17.6. The fourth-order valence-electron chi connectivity index (χ4n) is 3.38. The molecule has 0 bridgehead atoms. The average molecular weight is 441 g/mol. The molecular weight excluding hydrogens is 424 g/mol. The average Bonchev–Trinajstić information content (AvgIpc) is 3.36. The van der Waals surface area contributed by atoms with Crippen LogP contribution in [0.3, 0.4) is 0 Å². The molecule has 0 atom stereocenters. The Labute approximate surface area is 188 Å². The summed E-state index contributed by atoms with van der Waals surface area (Å²) in [6.45, 7) is 0.328. The number of nitrogens with one attached hydrogen (secondary N) is 1. The molecule has 5 rings (SSSR count). The highest BCUT2D eigenvalue weighted by Crippen LogP contribution is 2.22. The summed E-state index contributed by atoms with van der Waals surface area (Å²) in [5.74, 6) is 0.604. The maximum atomic E-state index is 12.4. The summed E-state index contributed by atoms with van der Waals surface area (Å²) >= 11 is 6.10. The fourth-order valence-corrected chi connectivity index (χ4v) is 3.57. The predicted molar refractivity (Wildman–Crippen MR) is 123 cm³/mol. The van der Waals surface area contributed by atoms with Gasteiger partial charge in [0.2, 0.25) is 0 Å². The van der Waals surface area contributed by atoms with Crippen LogP contribution in [0.1, 0.15) is 5.56 Å². The van der Waals surface area contributed by atoms with Crippen LogP contribution >= 0.6 is 11.6 Å². The lowest BCUT2D eigenvalue weighted by Gasteiger charge is -2.09. The van der Waals surface area contributed by atoms with Crippen molar-refractivity contribution < 1.29 is 0 Å². The Morgan fingerprint density at radius 2 is 1.66 bits per heavy atom. The summed E-state index contributed by atoms with van der Waals surface area (Å²) in [5.41, 5.74) is 4.94. The van der Waals surface area contributed by atoms with Crippen molar-refractivity contribution in [2.24, 2.45) is 0 Å². The summed E-state index contributed by atoms with van der Waals surface area (Å²) in [6.07, 6.45) is 7.04. The van der Waals surface area contributed by atoms with E-state index in [-0.39, 0.29) is 5.56 Å². The molecule has 8 heteroatoms. The second-order valence-corrected chi connectivity index (χ2v) is 7.64. The van der Waals surface area contributed by atoms with Crippen LogP contribution in [0.4, 0.5) is 0 Å². The van der Waals surface area contributed by atoms with Crippen molar-refractivity contribution in [1.82, 2.24) is 29.9 Å². The van der Waals surface area contributed by atoms with Crippen LogP contribution in [0.5, 0.6) is 0 Å². The number of nitrogens with zero attached hydrogens (tertiary/aromatic N) is 5. The van der Waals surface area contributed by atoms with E-state index < -0.39 is 0 Å². The van der Waals surface area contributed by atoms with Crippen molar-refractivity contribution in [1.29, 1.82) is 0 Å². The summed E-state index contributed by atoms with van der Waals surface area (Å²) < 4.78 is 1.44. The van der Waals surface area contributed by atoms with Crippen LogP contribution in [0.15, 0.2) is 90.2 Å². The van der Waals surface area contributed by atoms with Gasteiger partial charge in [0.25, 0.3) is 5.56 Å². The van der Waals surface area contributed by atoms with Crippen LogP contribution in [0.2, 0.25) is 5.02 Å². The van der Waals surface area contributed by atoms with Gasteiger partial charge in [-0.3, -0.25) is 9.89 Å². The number of hydrogen-bond donors (Lipinski definition) is 1. The molecule has 3 aromatic heterocycles. The monoisotopic (exact) mass is 440 g/mol. The van der Waals surface area contributed by atoms with Crippen LogP contribution in [0, 0.1) is 0 Å². The molecule has 0 spiro atoms. The fraction of sp³-hybridized carbons (Fsp3) is 0.0417. The largest absolute Gasteiger partial charge is 0.285 e. The number of aromatic amines is 1. The number of halogens is 1. The van der Waals surface area contributed by atoms with E-state index in [1.807, 2.05) is 42.5 Å². The third-order valence-electron chi connectivity index (χ3n) is 4.99. The smallest absolute Gasteiger partial charge is 0.267 e. The molecule has 0 amide bonds. The number of hydrogen-bond acceptors (Lipinski definition) is 5. The number of H-pyrrole nitrogens is 1. The first kappa shape index (κ1) is 19.8. The van der Waals surface area contributed by atoms with Crippen molar-refractivity contribution in [3.8, 4) is 33.8 Å². The van der Waals surface area contributed by atoms with Gasteiger partial charge in [-0.2, -0.15) is 10.2 Å². The Hall–Kier alpha value is -4.10. The van der Waals surface area contributed by atoms with Crippen molar-refractivity contribution in [3.05, 3.63) is 106 Å². The molecular formula is C24H17ClN6O. The molecule has 156 valence electrons. The first-order valence-corrected chi connectivity index (χ1v) is 10.3. The minimum Gasteiger partial charge on any atom is -0.285 e. The molecule has 0 aliphatic rings. The highest BCUT2D eigenvalue weighted by molar-refractivity contribution is 6.30. The lowest BCUT2D eigenvalue weighted by Crippen LogP contribution is -2.22. The lowest BCUT2D eigenvalue weighted by atomic mass is 10.1. The van der Waals surface area contributed by atoms with E-state index >= 15 is 0 Å². The van der Waals surface area contributed by atoms with Crippen molar-refractivity contribution in [2.45, 2.75) is 6.54 Å². The van der Waals surface area contributed by atoms with Gasteiger partial charge in [-0.05, 0) is 29.8 Å². The topological polar surface area (TPSA) is 89.4 Å². The predicted octanol–water partition coefficient (Wildman–Crippen LogP) is 4.46. The zero-order valence-electron chi connectivity index (χ0n) is 16.8. The molecule has 32 heavy (non-hydrogen) atoms.